The molecular formula is C15H19F3N2S. The zero-order valence-corrected chi connectivity index (χ0v) is 12.9. The molecule has 2 N–H and O–H groups in total. The summed E-state index contributed by atoms with van der Waals surface area (Å²) in [5.41, 5.74) is -0.461. The predicted octanol–water partition coefficient (Wildman–Crippen LogP) is 4.57. The molecule has 0 heterocycles. The molecule has 2 nitrogen and oxygen atoms in total. The maximum absolute atomic E-state index is 12.9. The van der Waals surface area contributed by atoms with Gasteiger partial charge in [-0.25, -0.2) is 0 Å². The molecule has 1 saturated carbocycles. The van der Waals surface area contributed by atoms with Gasteiger partial charge in [0.15, 0.2) is 5.11 Å². The maximum atomic E-state index is 12.9. The summed E-state index contributed by atoms with van der Waals surface area (Å²) >= 11 is 5.14. The van der Waals surface area contributed by atoms with E-state index in [2.05, 4.69) is 24.5 Å². The third-order valence-corrected chi connectivity index (χ3v) is 4.00. The van der Waals surface area contributed by atoms with E-state index < -0.39 is 11.7 Å². The molecule has 116 valence electrons. The van der Waals surface area contributed by atoms with Gasteiger partial charge in [-0.1, -0.05) is 26.0 Å². The smallest absolute Gasteiger partial charge is 0.360 e. The third kappa shape index (κ3) is 4.33. The summed E-state index contributed by atoms with van der Waals surface area (Å²) in [5, 5.41) is 6.03. The number of nitrogens with one attached hydrogen (secondary N) is 2. The molecule has 0 amide bonds. The first-order valence-electron chi connectivity index (χ1n) is 6.91. The molecule has 0 aromatic heterocycles. The Hall–Kier alpha value is -1.30. The molecular weight excluding hydrogens is 297 g/mol. The van der Waals surface area contributed by atoms with Gasteiger partial charge in [0.2, 0.25) is 0 Å². The lowest BCUT2D eigenvalue weighted by Crippen LogP contribution is -2.37. The lowest BCUT2D eigenvalue weighted by Gasteiger charge is -2.20. The summed E-state index contributed by atoms with van der Waals surface area (Å²) in [5.74, 6) is 0. The minimum absolute atomic E-state index is 0.0141. The molecule has 1 unspecified atom stereocenters. The molecule has 0 bridgehead atoms. The molecule has 0 radical (unpaired) electrons. The van der Waals surface area contributed by atoms with Gasteiger partial charge in [0, 0.05) is 6.04 Å². The Morgan fingerprint density at radius 2 is 1.95 bits per heavy atom. The molecule has 1 aliphatic rings. The minimum Gasteiger partial charge on any atom is -0.360 e. The third-order valence-electron chi connectivity index (χ3n) is 3.78. The SMILES string of the molecule is CC1(C)CCC(NC(=S)Nc2ccccc2C(F)(F)F)C1. The van der Waals surface area contributed by atoms with Crippen molar-refractivity contribution >= 4 is 23.0 Å². The minimum atomic E-state index is -4.39. The Bertz CT molecular complexity index is 526. The van der Waals surface area contributed by atoms with Crippen LogP contribution < -0.4 is 10.6 Å². The Kier molecular flexibility index (Phi) is 4.46. The van der Waals surface area contributed by atoms with Gasteiger partial charge in [-0.05, 0) is 49.0 Å². The van der Waals surface area contributed by atoms with Gasteiger partial charge in [0.1, 0.15) is 0 Å². The monoisotopic (exact) mass is 316 g/mol. The second kappa shape index (κ2) is 5.83. The van der Waals surface area contributed by atoms with Crippen molar-refractivity contribution in [3.8, 4) is 0 Å². The van der Waals surface area contributed by atoms with Crippen LogP contribution in [-0.2, 0) is 6.18 Å². The van der Waals surface area contributed by atoms with E-state index in [9.17, 15) is 13.2 Å². The summed E-state index contributed by atoms with van der Waals surface area (Å²) < 4.78 is 38.7. The highest BCUT2D eigenvalue weighted by Crippen LogP contribution is 2.37. The van der Waals surface area contributed by atoms with Crippen molar-refractivity contribution in [3.63, 3.8) is 0 Å². The van der Waals surface area contributed by atoms with Gasteiger partial charge in [-0.2, -0.15) is 13.2 Å². The number of hydrogen-bond acceptors (Lipinski definition) is 1. The molecule has 0 aliphatic heterocycles. The number of alkyl halides is 3. The fourth-order valence-electron chi connectivity index (χ4n) is 2.74. The predicted molar refractivity (Wildman–Crippen MR) is 82.2 cm³/mol. The van der Waals surface area contributed by atoms with E-state index in [4.69, 9.17) is 12.2 Å². The van der Waals surface area contributed by atoms with Gasteiger partial charge in [-0.3, -0.25) is 0 Å². The number of thiocarbonyl (C=S) groups is 1. The largest absolute Gasteiger partial charge is 0.418 e. The quantitative estimate of drug-likeness (QED) is 0.782. The first-order valence-corrected chi connectivity index (χ1v) is 7.32. The van der Waals surface area contributed by atoms with Gasteiger partial charge in [-0.15, -0.1) is 0 Å². The van der Waals surface area contributed by atoms with E-state index >= 15 is 0 Å². The number of anilines is 1. The molecule has 1 fully saturated rings. The van der Waals surface area contributed by atoms with Crippen molar-refractivity contribution < 1.29 is 13.2 Å². The second-order valence-electron chi connectivity index (χ2n) is 6.25. The topological polar surface area (TPSA) is 24.1 Å². The molecule has 0 saturated heterocycles. The number of para-hydroxylation sites is 1. The highest BCUT2D eigenvalue weighted by atomic mass is 32.1. The van der Waals surface area contributed by atoms with Crippen molar-refractivity contribution in [2.75, 3.05) is 5.32 Å². The van der Waals surface area contributed by atoms with Crippen LogP contribution in [-0.4, -0.2) is 11.2 Å². The fraction of sp³-hybridized carbons (Fsp3) is 0.533. The van der Waals surface area contributed by atoms with Crippen LogP contribution in [0.15, 0.2) is 24.3 Å². The number of halogens is 3. The van der Waals surface area contributed by atoms with E-state index in [-0.39, 0.29) is 22.3 Å². The van der Waals surface area contributed by atoms with Crippen molar-refractivity contribution in [1.29, 1.82) is 0 Å². The molecule has 1 aromatic rings. The van der Waals surface area contributed by atoms with Crippen LogP contribution in [0.4, 0.5) is 18.9 Å². The lowest BCUT2D eigenvalue weighted by molar-refractivity contribution is -0.136. The van der Waals surface area contributed by atoms with E-state index in [0.29, 0.717) is 0 Å². The maximum Gasteiger partial charge on any atom is 0.418 e. The Morgan fingerprint density at radius 3 is 2.52 bits per heavy atom. The van der Waals surface area contributed by atoms with Crippen molar-refractivity contribution in [2.45, 2.75) is 45.3 Å². The van der Waals surface area contributed by atoms with Crippen LogP contribution in [0.3, 0.4) is 0 Å². The Morgan fingerprint density at radius 1 is 1.29 bits per heavy atom. The van der Waals surface area contributed by atoms with Gasteiger partial charge in [0.25, 0.3) is 0 Å². The molecule has 0 spiro atoms. The summed E-state index contributed by atoms with van der Waals surface area (Å²) in [6.07, 6.45) is -1.35. The first kappa shape index (κ1) is 16.1. The summed E-state index contributed by atoms with van der Waals surface area (Å²) in [4.78, 5) is 0. The van der Waals surface area contributed by atoms with Gasteiger partial charge < -0.3 is 10.6 Å². The summed E-state index contributed by atoms with van der Waals surface area (Å²) in [6.45, 7) is 4.37. The molecule has 1 atom stereocenters. The highest BCUT2D eigenvalue weighted by molar-refractivity contribution is 7.80. The lowest BCUT2D eigenvalue weighted by atomic mass is 9.92. The van der Waals surface area contributed by atoms with Crippen LogP contribution in [0.2, 0.25) is 0 Å². The van der Waals surface area contributed by atoms with Crippen LogP contribution in [0.1, 0.15) is 38.7 Å². The molecule has 2 rings (SSSR count). The fourth-order valence-corrected chi connectivity index (χ4v) is 3.02. The highest BCUT2D eigenvalue weighted by Gasteiger charge is 2.34. The summed E-state index contributed by atoms with van der Waals surface area (Å²) in [7, 11) is 0. The normalized spacial score (nSPS) is 21.1. The van der Waals surface area contributed by atoms with Crippen LogP contribution in [0, 0.1) is 5.41 Å². The van der Waals surface area contributed by atoms with Gasteiger partial charge >= 0.3 is 6.18 Å². The molecule has 1 aromatic carbocycles. The Balaban J connectivity index is 2.01. The first-order chi connectivity index (χ1) is 9.67. The molecule has 21 heavy (non-hydrogen) atoms. The summed E-state index contributed by atoms with van der Waals surface area (Å²) in [6, 6.07) is 5.57. The van der Waals surface area contributed by atoms with E-state index in [1.54, 1.807) is 6.07 Å². The number of hydrogen-bond donors (Lipinski definition) is 2. The van der Waals surface area contributed by atoms with Crippen LogP contribution in [0.5, 0.6) is 0 Å². The average Bonchev–Trinajstić information content (AvgIpc) is 2.67. The Labute approximate surface area is 128 Å². The van der Waals surface area contributed by atoms with Crippen molar-refractivity contribution in [1.82, 2.24) is 5.32 Å². The van der Waals surface area contributed by atoms with E-state index in [1.807, 2.05) is 0 Å². The number of rotatable bonds is 2. The second-order valence-corrected chi connectivity index (χ2v) is 6.65. The van der Waals surface area contributed by atoms with Gasteiger partial charge in [0.05, 0.1) is 11.3 Å². The van der Waals surface area contributed by atoms with Crippen molar-refractivity contribution in [3.05, 3.63) is 29.8 Å². The average molecular weight is 316 g/mol. The zero-order valence-electron chi connectivity index (χ0n) is 12.1. The van der Waals surface area contributed by atoms with Crippen LogP contribution in [0.25, 0.3) is 0 Å². The van der Waals surface area contributed by atoms with E-state index in [0.717, 1.165) is 25.3 Å². The molecule has 1 aliphatic carbocycles. The van der Waals surface area contributed by atoms with Crippen LogP contribution >= 0.6 is 12.2 Å². The van der Waals surface area contributed by atoms with Crippen molar-refractivity contribution in [2.24, 2.45) is 5.41 Å². The standard InChI is InChI=1S/C15H19F3N2S/c1-14(2)8-7-10(9-14)19-13(21)20-12-6-4-3-5-11(12)15(16,17)18/h3-6,10H,7-9H2,1-2H3,(H2,19,20,21). The molecule has 6 heteroatoms. The zero-order chi connectivity index (χ0) is 15.7. The number of benzene rings is 1. The van der Waals surface area contributed by atoms with E-state index in [1.165, 1.54) is 12.1 Å².